The lowest BCUT2D eigenvalue weighted by Gasteiger charge is -2.06. The van der Waals surface area contributed by atoms with Gasteiger partial charge in [-0.2, -0.15) is 5.26 Å². The molecule has 0 radical (unpaired) electrons. The Bertz CT molecular complexity index is 630. The molecule has 0 fully saturated rings. The number of rotatable bonds is 4. The summed E-state index contributed by atoms with van der Waals surface area (Å²) in [6, 6.07) is 11.9. The molecule has 0 spiro atoms. The van der Waals surface area contributed by atoms with Crippen LogP contribution < -0.4 is 5.32 Å². The van der Waals surface area contributed by atoms with Crippen molar-refractivity contribution < 1.29 is 9.90 Å². The number of benzene rings is 1. The van der Waals surface area contributed by atoms with Crippen molar-refractivity contribution in [1.29, 1.82) is 5.26 Å². The molecule has 0 aliphatic carbocycles. The standard InChI is InChI=1S/C14H11N3O2/c15-8-11-5-6-16-13(7-11)17-9-10-1-3-12(4-2-10)14(18)19/h1-7H,9H2,(H,16,17)(H,18,19). The van der Waals surface area contributed by atoms with E-state index in [-0.39, 0.29) is 5.56 Å². The van der Waals surface area contributed by atoms with Crippen LogP contribution in [0.2, 0.25) is 0 Å². The van der Waals surface area contributed by atoms with Crippen LogP contribution in [-0.2, 0) is 6.54 Å². The smallest absolute Gasteiger partial charge is 0.335 e. The summed E-state index contributed by atoms with van der Waals surface area (Å²) in [6.45, 7) is 0.516. The highest BCUT2D eigenvalue weighted by molar-refractivity contribution is 5.87. The zero-order valence-electron chi connectivity index (χ0n) is 10.00. The van der Waals surface area contributed by atoms with Crippen molar-refractivity contribution in [1.82, 2.24) is 4.98 Å². The Labute approximate surface area is 110 Å². The summed E-state index contributed by atoms with van der Waals surface area (Å²) in [5.41, 5.74) is 1.74. The summed E-state index contributed by atoms with van der Waals surface area (Å²) in [6.07, 6.45) is 1.56. The molecule has 0 saturated heterocycles. The highest BCUT2D eigenvalue weighted by atomic mass is 16.4. The lowest BCUT2D eigenvalue weighted by molar-refractivity contribution is 0.0697. The van der Waals surface area contributed by atoms with Gasteiger partial charge in [-0.15, -0.1) is 0 Å². The Morgan fingerprint density at radius 1 is 1.32 bits per heavy atom. The maximum Gasteiger partial charge on any atom is 0.335 e. The van der Waals surface area contributed by atoms with E-state index in [9.17, 15) is 4.79 Å². The summed E-state index contributed by atoms with van der Waals surface area (Å²) >= 11 is 0. The van der Waals surface area contributed by atoms with Crippen molar-refractivity contribution in [2.45, 2.75) is 6.54 Å². The number of carboxylic acid groups (broad SMARTS) is 1. The molecule has 0 atom stereocenters. The van der Waals surface area contributed by atoms with E-state index in [0.717, 1.165) is 5.56 Å². The molecule has 0 aliphatic rings. The van der Waals surface area contributed by atoms with E-state index in [1.165, 1.54) is 0 Å². The third kappa shape index (κ3) is 3.30. The Morgan fingerprint density at radius 2 is 2.05 bits per heavy atom. The van der Waals surface area contributed by atoms with E-state index in [1.54, 1.807) is 42.6 Å². The molecule has 0 amide bonds. The summed E-state index contributed by atoms with van der Waals surface area (Å²) in [5, 5.41) is 20.6. The molecule has 1 aromatic carbocycles. The second-order valence-corrected chi connectivity index (χ2v) is 3.90. The molecule has 94 valence electrons. The van der Waals surface area contributed by atoms with Crippen molar-refractivity contribution in [3.63, 3.8) is 0 Å². The number of carbonyl (C=O) groups is 1. The zero-order valence-corrected chi connectivity index (χ0v) is 10.00. The Hall–Kier alpha value is -2.87. The van der Waals surface area contributed by atoms with Gasteiger partial charge in [-0.3, -0.25) is 0 Å². The van der Waals surface area contributed by atoms with E-state index >= 15 is 0 Å². The lowest BCUT2D eigenvalue weighted by atomic mass is 10.1. The van der Waals surface area contributed by atoms with Crippen LogP contribution in [0.4, 0.5) is 5.82 Å². The van der Waals surface area contributed by atoms with Crippen molar-refractivity contribution in [2.24, 2.45) is 0 Å². The molecule has 0 bridgehead atoms. The van der Waals surface area contributed by atoms with Gasteiger partial charge < -0.3 is 10.4 Å². The average molecular weight is 253 g/mol. The van der Waals surface area contributed by atoms with Crippen LogP contribution in [0.25, 0.3) is 0 Å². The quantitative estimate of drug-likeness (QED) is 0.872. The van der Waals surface area contributed by atoms with Gasteiger partial charge in [-0.1, -0.05) is 12.1 Å². The average Bonchev–Trinajstić information content (AvgIpc) is 2.46. The fourth-order valence-corrected chi connectivity index (χ4v) is 1.55. The molecule has 19 heavy (non-hydrogen) atoms. The number of aromatic carboxylic acids is 1. The molecule has 5 heteroatoms. The molecular formula is C14H11N3O2. The monoisotopic (exact) mass is 253 g/mol. The van der Waals surface area contributed by atoms with Gasteiger partial charge in [0.15, 0.2) is 0 Å². The van der Waals surface area contributed by atoms with E-state index in [0.29, 0.717) is 17.9 Å². The van der Waals surface area contributed by atoms with Crippen LogP contribution in [0.1, 0.15) is 21.5 Å². The van der Waals surface area contributed by atoms with Gasteiger partial charge >= 0.3 is 5.97 Å². The lowest BCUT2D eigenvalue weighted by Crippen LogP contribution is -2.02. The Balaban J connectivity index is 2.02. The normalized spacial score (nSPS) is 9.63. The van der Waals surface area contributed by atoms with E-state index in [1.807, 2.05) is 6.07 Å². The molecule has 0 unspecified atom stereocenters. The van der Waals surface area contributed by atoms with Gasteiger partial charge in [0.2, 0.25) is 0 Å². The molecule has 1 heterocycles. The number of nitrogens with one attached hydrogen (secondary N) is 1. The summed E-state index contributed by atoms with van der Waals surface area (Å²) in [7, 11) is 0. The Morgan fingerprint density at radius 3 is 2.68 bits per heavy atom. The maximum atomic E-state index is 10.7. The van der Waals surface area contributed by atoms with Crippen molar-refractivity contribution in [2.75, 3.05) is 5.32 Å². The fraction of sp³-hybridized carbons (Fsp3) is 0.0714. The first-order valence-electron chi connectivity index (χ1n) is 5.61. The summed E-state index contributed by atoms with van der Waals surface area (Å²) in [5.74, 6) is -0.329. The minimum atomic E-state index is -0.942. The predicted molar refractivity (Wildman–Crippen MR) is 69.7 cm³/mol. The van der Waals surface area contributed by atoms with Crippen LogP contribution in [0.15, 0.2) is 42.6 Å². The van der Waals surface area contributed by atoms with Crippen LogP contribution in [0, 0.1) is 11.3 Å². The maximum absolute atomic E-state index is 10.7. The molecule has 2 rings (SSSR count). The van der Waals surface area contributed by atoms with Gasteiger partial charge in [-0.25, -0.2) is 9.78 Å². The minimum Gasteiger partial charge on any atom is -0.478 e. The van der Waals surface area contributed by atoms with Crippen LogP contribution >= 0.6 is 0 Å². The second kappa shape index (κ2) is 5.65. The third-order valence-corrected chi connectivity index (χ3v) is 2.56. The summed E-state index contributed by atoms with van der Waals surface area (Å²) in [4.78, 5) is 14.8. The SMILES string of the molecule is N#Cc1ccnc(NCc2ccc(C(=O)O)cc2)c1. The van der Waals surface area contributed by atoms with E-state index in [4.69, 9.17) is 10.4 Å². The van der Waals surface area contributed by atoms with Crippen molar-refractivity contribution in [3.8, 4) is 6.07 Å². The number of hydrogen-bond acceptors (Lipinski definition) is 4. The first-order chi connectivity index (χ1) is 9.19. The largest absolute Gasteiger partial charge is 0.478 e. The molecule has 2 aromatic rings. The number of hydrogen-bond donors (Lipinski definition) is 2. The number of carboxylic acids is 1. The van der Waals surface area contributed by atoms with E-state index in [2.05, 4.69) is 10.3 Å². The van der Waals surface area contributed by atoms with Gasteiger partial charge in [0, 0.05) is 12.7 Å². The highest BCUT2D eigenvalue weighted by Crippen LogP contribution is 2.09. The second-order valence-electron chi connectivity index (χ2n) is 3.90. The third-order valence-electron chi connectivity index (χ3n) is 2.56. The van der Waals surface area contributed by atoms with Crippen LogP contribution in [0.3, 0.4) is 0 Å². The minimum absolute atomic E-state index is 0.258. The van der Waals surface area contributed by atoms with Crippen molar-refractivity contribution in [3.05, 3.63) is 59.3 Å². The number of nitriles is 1. The van der Waals surface area contributed by atoms with Gasteiger partial charge in [-0.05, 0) is 29.8 Å². The topological polar surface area (TPSA) is 86.0 Å². The summed E-state index contributed by atoms with van der Waals surface area (Å²) < 4.78 is 0. The first-order valence-corrected chi connectivity index (χ1v) is 5.61. The van der Waals surface area contributed by atoms with Gasteiger partial charge in [0.25, 0.3) is 0 Å². The van der Waals surface area contributed by atoms with Crippen LogP contribution in [-0.4, -0.2) is 16.1 Å². The molecule has 1 aromatic heterocycles. The molecule has 0 saturated carbocycles. The number of anilines is 1. The molecule has 0 aliphatic heterocycles. The number of aromatic nitrogens is 1. The number of nitrogens with zero attached hydrogens (tertiary/aromatic N) is 2. The van der Waals surface area contributed by atoms with Crippen LogP contribution in [0.5, 0.6) is 0 Å². The first kappa shape index (κ1) is 12.6. The Kier molecular flexibility index (Phi) is 3.74. The predicted octanol–water partition coefficient (Wildman–Crippen LogP) is 2.26. The number of pyridine rings is 1. The molecule has 2 N–H and O–H groups in total. The van der Waals surface area contributed by atoms with Gasteiger partial charge in [0.1, 0.15) is 5.82 Å². The molecule has 5 nitrogen and oxygen atoms in total. The van der Waals surface area contributed by atoms with Gasteiger partial charge in [0.05, 0.1) is 17.2 Å². The zero-order chi connectivity index (χ0) is 13.7. The van der Waals surface area contributed by atoms with Crippen molar-refractivity contribution >= 4 is 11.8 Å². The highest BCUT2D eigenvalue weighted by Gasteiger charge is 2.02. The van der Waals surface area contributed by atoms with E-state index < -0.39 is 5.97 Å². The molecular weight excluding hydrogens is 242 g/mol. The fourth-order valence-electron chi connectivity index (χ4n) is 1.55.